The number of hydrogen-bond donors (Lipinski definition) is 1. The van der Waals surface area contributed by atoms with Crippen LogP contribution in [0.3, 0.4) is 0 Å². The molecule has 0 bridgehead atoms. The Hall–Kier alpha value is -3.28. The van der Waals surface area contributed by atoms with E-state index in [9.17, 15) is 14.7 Å². The van der Waals surface area contributed by atoms with Gasteiger partial charge in [0, 0.05) is 12.1 Å². The Morgan fingerprint density at radius 3 is 2.32 bits per heavy atom. The number of Topliss-reactive ketones (excluding diaryl/α,β-unsaturated/α-hetero) is 1. The quantitative estimate of drug-likeness (QED) is 0.402. The van der Waals surface area contributed by atoms with E-state index in [1.54, 1.807) is 36.3 Å². The molecule has 1 atom stereocenters. The van der Waals surface area contributed by atoms with Gasteiger partial charge in [-0.15, -0.1) is 0 Å². The molecule has 6 heteroatoms. The summed E-state index contributed by atoms with van der Waals surface area (Å²) in [6.45, 7) is 6.37. The van der Waals surface area contributed by atoms with Gasteiger partial charge in [0.05, 0.1) is 25.8 Å². The maximum Gasteiger partial charge on any atom is 0.295 e. The van der Waals surface area contributed by atoms with Gasteiger partial charge < -0.3 is 19.5 Å². The Morgan fingerprint density at radius 1 is 1.00 bits per heavy atom. The number of likely N-dealkylation sites (tertiary alicyclic amines) is 1. The third-order valence-corrected chi connectivity index (χ3v) is 5.80. The number of ketones is 1. The van der Waals surface area contributed by atoms with E-state index in [1.165, 1.54) is 7.11 Å². The summed E-state index contributed by atoms with van der Waals surface area (Å²) in [6.07, 6.45) is 1.62. The number of carbonyl (C=O) groups excluding carboxylic acids is 2. The van der Waals surface area contributed by atoms with Crippen LogP contribution < -0.4 is 9.47 Å². The van der Waals surface area contributed by atoms with Gasteiger partial charge in [0.2, 0.25) is 0 Å². The minimum Gasteiger partial charge on any atom is -0.507 e. The molecule has 164 valence electrons. The smallest absolute Gasteiger partial charge is 0.295 e. The molecule has 1 N–H and O–H groups in total. The van der Waals surface area contributed by atoms with Crippen molar-refractivity contribution >= 4 is 17.4 Å². The Bertz CT molecular complexity index is 1040. The van der Waals surface area contributed by atoms with E-state index in [4.69, 9.17) is 9.47 Å². The molecule has 0 spiro atoms. The average Bonchev–Trinajstić information content (AvgIpc) is 3.03. The molecular formula is C25H29NO5. The lowest BCUT2D eigenvalue weighted by atomic mass is 9.94. The molecule has 1 fully saturated rings. The van der Waals surface area contributed by atoms with E-state index in [2.05, 4.69) is 0 Å². The molecule has 0 aliphatic carbocycles. The van der Waals surface area contributed by atoms with E-state index in [-0.39, 0.29) is 11.3 Å². The number of aryl methyl sites for hydroxylation is 2. The van der Waals surface area contributed by atoms with E-state index in [1.807, 2.05) is 32.9 Å². The molecule has 3 rings (SSSR count). The predicted molar refractivity (Wildman–Crippen MR) is 119 cm³/mol. The highest BCUT2D eigenvalue weighted by Gasteiger charge is 2.46. The van der Waals surface area contributed by atoms with Crippen molar-refractivity contribution in [2.45, 2.75) is 39.7 Å². The average molecular weight is 424 g/mol. The van der Waals surface area contributed by atoms with Crippen molar-refractivity contribution in [2.75, 3.05) is 20.8 Å². The lowest BCUT2D eigenvalue weighted by Gasteiger charge is -2.26. The fourth-order valence-electron chi connectivity index (χ4n) is 3.85. The number of benzene rings is 2. The topological polar surface area (TPSA) is 76.1 Å². The second-order valence-corrected chi connectivity index (χ2v) is 7.76. The largest absolute Gasteiger partial charge is 0.507 e. The van der Waals surface area contributed by atoms with Crippen LogP contribution in [0.5, 0.6) is 11.5 Å². The van der Waals surface area contributed by atoms with Crippen molar-refractivity contribution in [2.24, 2.45) is 0 Å². The highest BCUT2D eigenvalue weighted by atomic mass is 16.5. The molecular weight excluding hydrogens is 394 g/mol. The fourth-order valence-corrected chi connectivity index (χ4v) is 3.85. The van der Waals surface area contributed by atoms with Crippen LogP contribution in [0.4, 0.5) is 0 Å². The molecule has 1 unspecified atom stereocenters. The maximum absolute atomic E-state index is 13.0. The number of hydrogen-bond acceptors (Lipinski definition) is 5. The number of nitrogens with zero attached hydrogens (tertiary/aromatic N) is 1. The van der Waals surface area contributed by atoms with Crippen LogP contribution in [0.15, 0.2) is 42.0 Å². The molecule has 1 aliphatic heterocycles. The highest BCUT2D eigenvalue weighted by molar-refractivity contribution is 6.46. The zero-order valence-corrected chi connectivity index (χ0v) is 18.7. The number of ether oxygens (including phenoxy) is 2. The van der Waals surface area contributed by atoms with Crippen molar-refractivity contribution in [1.29, 1.82) is 0 Å². The second kappa shape index (κ2) is 9.25. The van der Waals surface area contributed by atoms with Crippen molar-refractivity contribution in [1.82, 2.24) is 4.90 Å². The summed E-state index contributed by atoms with van der Waals surface area (Å²) in [4.78, 5) is 27.5. The third-order valence-electron chi connectivity index (χ3n) is 5.80. The molecule has 1 heterocycles. The minimum absolute atomic E-state index is 0.0941. The second-order valence-electron chi connectivity index (χ2n) is 7.76. The summed E-state index contributed by atoms with van der Waals surface area (Å²) in [5, 5.41) is 11.1. The number of carbonyl (C=O) groups is 2. The fraction of sp³-hybridized carbons (Fsp3) is 0.360. The number of unbranched alkanes of at least 4 members (excludes halogenated alkanes) is 1. The SMILES string of the molecule is CCCCN1C(=O)C(=O)/C(=C(\O)c2ccc(C)c(C)c2)C1c1ccc(OC)c(OC)c1. The van der Waals surface area contributed by atoms with Crippen LogP contribution in [0.25, 0.3) is 5.76 Å². The van der Waals surface area contributed by atoms with Gasteiger partial charge in [0.15, 0.2) is 11.5 Å². The number of aliphatic hydroxyl groups excluding tert-OH is 1. The molecule has 1 aliphatic rings. The van der Waals surface area contributed by atoms with Crippen molar-refractivity contribution in [3.63, 3.8) is 0 Å². The minimum atomic E-state index is -0.701. The molecule has 0 aromatic heterocycles. The van der Waals surface area contributed by atoms with Gasteiger partial charge >= 0.3 is 0 Å². The molecule has 0 radical (unpaired) electrons. The Morgan fingerprint density at radius 2 is 1.71 bits per heavy atom. The first-order valence-electron chi connectivity index (χ1n) is 10.4. The standard InChI is InChI=1S/C25H29NO5/c1-6-7-12-26-22(17-10-11-19(30-4)20(14-17)31-5)21(24(28)25(26)29)23(27)18-9-8-15(2)16(3)13-18/h8-11,13-14,22,27H,6-7,12H2,1-5H3/b23-21-. The summed E-state index contributed by atoms with van der Waals surface area (Å²) < 4.78 is 10.7. The van der Waals surface area contributed by atoms with Crippen LogP contribution in [0.1, 0.15) is 48.1 Å². The summed E-state index contributed by atoms with van der Waals surface area (Å²) in [5.41, 5.74) is 3.36. The van der Waals surface area contributed by atoms with Gasteiger partial charge in [-0.3, -0.25) is 9.59 Å². The molecule has 0 saturated carbocycles. The van der Waals surface area contributed by atoms with Gasteiger partial charge in [-0.2, -0.15) is 0 Å². The lowest BCUT2D eigenvalue weighted by molar-refractivity contribution is -0.139. The maximum atomic E-state index is 13.0. The summed E-state index contributed by atoms with van der Waals surface area (Å²) >= 11 is 0. The van der Waals surface area contributed by atoms with Gasteiger partial charge in [0.25, 0.3) is 11.7 Å². The zero-order chi connectivity index (χ0) is 22.7. The lowest BCUT2D eigenvalue weighted by Crippen LogP contribution is -2.30. The Kier molecular flexibility index (Phi) is 6.68. The summed E-state index contributed by atoms with van der Waals surface area (Å²) in [6, 6.07) is 10.1. The van der Waals surface area contributed by atoms with Gasteiger partial charge in [-0.1, -0.05) is 31.5 Å². The number of amides is 1. The molecule has 31 heavy (non-hydrogen) atoms. The van der Waals surface area contributed by atoms with Crippen LogP contribution in [-0.2, 0) is 9.59 Å². The first-order chi connectivity index (χ1) is 14.8. The Balaban J connectivity index is 2.21. The molecule has 1 amide bonds. The highest BCUT2D eigenvalue weighted by Crippen LogP contribution is 2.42. The van der Waals surface area contributed by atoms with E-state index in [0.29, 0.717) is 29.2 Å². The van der Waals surface area contributed by atoms with E-state index in [0.717, 1.165) is 24.0 Å². The van der Waals surface area contributed by atoms with Crippen molar-refractivity contribution < 1.29 is 24.2 Å². The van der Waals surface area contributed by atoms with Crippen LogP contribution in [0.2, 0.25) is 0 Å². The first-order valence-corrected chi connectivity index (χ1v) is 10.4. The van der Waals surface area contributed by atoms with Crippen LogP contribution in [0, 0.1) is 13.8 Å². The van der Waals surface area contributed by atoms with Crippen molar-refractivity contribution in [3.05, 3.63) is 64.2 Å². The van der Waals surface area contributed by atoms with Gasteiger partial charge in [0.1, 0.15) is 5.76 Å². The van der Waals surface area contributed by atoms with E-state index < -0.39 is 17.7 Å². The first kappa shape index (κ1) is 22.4. The number of methoxy groups -OCH3 is 2. The van der Waals surface area contributed by atoms with Gasteiger partial charge in [-0.25, -0.2) is 0 Å². The molecule has 1 saturated heterocycles. The predicted octanol–water partition coefficient (Wildman–Crippen LogP) is 4.54. The molecule has 2 aromatic carbocycles. The summed E-state index contributed by atoms with van der Waals surface area (Å²) in [5.74, 6) is -0.399. The number of rotatable bonds is 7. The molecule has 2 aromatic rings. The monoisotopic (exact) mass is 423 g/mol. The molecule has 6 nitrogen and oxygen atoms in total. The summed E-state index contributed by atoms with van der Waals surface area (Å²) in [7, 11) is 3.08. The van der Waals surface area contributed by atoms with Crippen molar-refractivity contribution in [3.8, 4) is 11.5 Å². The van der Waals surface area contributed by atoms with Crippen LogP contribution in [-0.4, -0.2) is 42.5 Å². The van der Waals surface area contributed by atoms with Gasteiger partial charge in [-0.05, 0) is 55.2 Å². The third kappa shape index (κ3) is 4.15. The normalized spacial score (nSPS) is 17.8. The number of aliphatic hydroxyl groups is 1. The Labute approximate surface area is 183 Å². The van der Waals surface area contributed by atoms with E-state index >= 15 is 0 Å². The zero-order valence-electron chi connectivity index (χ0n) is 18.7. The van der Waals surface area contributed by atoms with Crippen LogP contribution >= 0.6 is 0 Å².